The van der Waals surface area contributed by atoms with Gasteiger partial charge >= 0.3 is 0 Å². The van der Waals surface area contributed by atoms with Gasteiger partial charge in [0.1, 0.15) is 5.75 Å². The summed E-state index contributed by atoms with van der Waals surface area (Å²) in [5.74, 6) is 0.602. The van der Waals surface area contributed by atoms with Crippen LogP contribution in [0.1, 0.15) is 55.5 Å². The molecule has 1 saturated heterocycles. The number of aromatic hydroxyl groups is 1. The molecular formula is C31H38N2O3. The van der Waals surface area contributed by atoms with Gasteiger partial charge in [-0.25, -0.2) is 0 Å². The first kappa shape index (κ1) is 24.8. The van der Waals surface area contributed by atoms with E-state index in [1.165, 1.54) is 0 Å². The van der Waals surface area contributed by atoms with Crippen molar-refractivity contribution in [1.29, 1.82) is 0 Å². The lowest BCUT2D eigenvalue weighted by molar-refractivity contribution is -0.129. The van der Waals surface area contributed by atoms with Crippen LogP contribution in [0.5, 0.6) is 5.75 Å². The Hall–Kier alpha value is -2.89. The number of amides is 1. The zero-order valence-corrected chi connectivity index (χ0v) is 21.7. The van der Waals surface area contributed by atoms with Crippen LogP contribution in [0.3, 0.4) is 0 Å². The molecule has 3 atom stereocenters. The quantitative estimate of drug-likeness (QED) is 0.520. The Labute approximate surface area is 214 Å². The third-order valence-electron chi connectivity index (χ3n) is 8.48. The lowest BCUT2D eigenvalue weighted by Gasteiger charge is -2.59. The van der Waals surface area contributed by atoms with E-state index in [1.807, 2.05) is 48.5 Å². The number of nitrogens with zero attached hydrogens (tertiary/aromatic N) is 2. The Morgan fingerprint density at radius 2 is 1.83 bits per heavy atom. The lowest BCUT2D eigenvalue weighted by atomic mass is 9.55. The van der Waals surface area contributed by atoms with E-state index < -0.39 is 11.0 Å². The summed E-state index contributed by atoms with van der Waals surface area (Å²) >= 11 is 0. The van der Waals surface area contributed by atoms with Gasteiger partial charge < -0.3 is 20.0 Å². The topological polar surface area (TPSA) is 64.0 Å². The Balaban J connectivity index is 1.53. The highest BCUT2D eigenvalue weighted by atomic mass is 16.3. The molecule has 5 rings (SSSR count). The molecule has 3 unspecified atom stereocenters. The summed E-state index contributed by atoms with van der Waals surface area (Å²) in [7, 11) is 2.06. The van der Waals surface area contributed by atoms with E-state index in [4.69, 9.17) is 0 Å². The maximum Gasteiger partial charge on any atom is 0.254 e. The fourth-order valence-electron chi connectivity index (χ4n) is 6.69. The van der Waals surface area contributed by atoms with Crippen molar-refractivity contribution in [3.8, 4) is 5.75 Å². The summed E-state index contributed by atoms with van der Waals surface area (Å²) in [5, 5.41) is 24.6. The number of piperidine rings is 1. The fraction of sp³-hybridized carbons (Fsp3) is 0.452. The van der Waals surface area contributed by atoms with Crippen LogP contribution >= 0.6 is 0 Å². The molecule has 190 valence electrons. The predicted molar refractivity (Wildman–Crippen MR) is 144 cm³/mol. The van der Waals surface area contributed by atoms with Gasteiger partial charge in [0.15, 0.2) is 0 Å². The molecule has 2 aliphatic rings. The van der Waals surface area contributed by atoms with Crippen LogP contribution in [-0.2, 0) is 5.41 Å². The summed E-state index contributed by atoms with van der Waals surface area (Å²) < 4.78 is 0. The number of phenols is 1. The van der Waals surface area contributed by atoms with Crippen molar-refractivity contribution in [2.45, 2.75) is 56.6 Å². The van der Waals surface area contributed by atoms with Crippen molar-refractivity contribution in [3.05, 3.63) is 77.9 Å². The highest BCUT2D eigenvalue weighted by Gasteiger charge is 2.58. The summed E-state index contributed by atoms with van der Waals surface area (Å²) in [6.07, 6.45) is 2.86. The SMILES string of the molecule is CC(C)CN(C(=O)c1ccc2ccccc2c1)C1CCC2(O)CN(C)CCC2(c2cccc(O)c2)C1. The van der Waals surface area contributed by atoms with Gasteiger partial charge in [-0.3, -0.25) is 4.79 Å². The number of aliphatic hydroxyl groups is 1. The van der Waals surface area contributed by atoms with Crippen LogP contribution in [0, 0.1) is 5.92 Å². The molecule has 5 nitrogen and oxygen atoms in total. The van der Waals surface area contributed by atoms with Gasteiger partial charge in [-0.2, -0.15) is 0 Å². The molecule has 3 aromatic rings. The smallest absolute Gasteiger partial charge is 0.254 e. The van der Waals surface area contributed by atoms with E-state index in [0.29, 0.717) is 37.4 Å². The molecule has 0 spiro atoms. The largest absolute Gasteiger partial charge is 0.508 e. The zero-order chi connectivity index (χ0) is 25.5. The molecule has 0 radical (unpaired) electrons. The molecule has 5 heteroatoms. The van der Waals surface area contributed by atoms with Crippen LogP contribution in [0.15, 0.2) is 66.7 Å². The van der Waals surface area contributed by atoms with Crippen LogP contribution < -0.4 is 0 Å². The molecule has 3 aromatic carbocycles. The van der Waals surface area contributed by atoms with E-state index in [0.717, 1.165) is 35.7 Å². The van der Waals surface area contributed by atoms with Crippen molar-refractivity contribution in [2.75, 3.05) is 26.7 Å². The van der Waals surface area contributed by atoms with E-state index in [9.17, 15) is 15.0 Å². The summed E-state index contributed by atoms with van der Waals surface area (Å²) in [4.78, 5) is 18.3. The van der Waals surface area contributed by atoms with Crippen molar-refractivity contribution in [1.82, 2.24) is 9.80 Å². The standard InChI is InChI=1S/C31H38N2O3/c1-22(2)20-33(29(35)25-12-11-23-7-4-5-8-24(23)17-25)27-13-14-31(36)21-32(3)16-15-30(31,19-27)26-9-6-10-28(34)18-26/h4-12,17-18,22,27,34,36H,13-16,19-21H2,1-3H3. The molecule has 0 aromatic heterocycles. The van der Waals surface area contributed by atoms with Crippen molar-refractivity contribution in [3.63, 3.8) is 0 Å². The van der Waals surface area contributed by atoms with Gasteiger partial charge in [-0.15, -0.1) is 0 Å². The Morgan fingerprint density at radius 3 is 2.58 bits per heavy atom. The summed E-state index contributed by atoms with van der Waals surface area (Å²) in [6.45, 7) is 6.44. The van der Waals surface area contributed by atoms with Crippen LogP contribution in [-0.4, -0.2) is 64.2 Å². The number of carbonyl (C=O) groups excluding carboxylic acids is 1. The number of β-amino-alcohol motifs (C(OH)–C–C–N with tert-alkyl or cyclic N) is 1. The minimum atomic E-state index is -0.903. The molecule has 2 fully saturated rings. The second-order valence-electron chi connectivity index (χ2n) is 11.5. The van der Waals surface area contributed by atoms with Gasteiger partial charge in [0.25, 0.3) is 5.91 Å². The van der Waals surface area contributed by atoms with E-state index in [-0.39, 0.29) is 17.7 Å². The molecule has 1 aliphatic carbocycles. The molecule has 1 saturated carbocycles. The first-order valence-corrected chi connectivity index (χ1v) is 13.2. The average Bonchev–Trinajstić information content (AvgIpc) is 2.86. The number of phenolic OH excluding ortho intramolecular Hbond substituents is 1. The third kappa shape index (κ3) is 4.39. The van der Waals surface area contributed by atoms with Crippen molar-refractivity contribution < 1.29 is 15.0 Å². The molecule has 1 aliphatic heterocycles. The van der Waals surface area contributed by atoms with E-state index in [2.05, 4.69) is 42.8 Å². The van der Waals surface area contributed by atoms with Crippen LogP contribution in [0.25, 0.3) is 10.8 Å². The number of hydrogen-bond acceptors (Lipinski definition) is 4. The van der Waals surface area contributed by atoms with Gasteiger partial charge in [-0.1, -0.05) is 56.3 Å². The number of likely N-dealkylation sites (tertiary alicyclic amines) is 1. The fourth-order valence-corrected chi connectivity index (χ4v) is 6.69. The Bertz CT molecular complexity index is 1260. The highest BCUT2D eigenvalue weighted by Crippen LogP contribution is 2.53. The summed E-state index contributed by atoms with van der Waals surface area (Å²) in [6, 6.07) is 21.5. The van der Waals surface area contributed by atoms with Crippen molar-refractivity contribution >= 4 is 16.7 Å². The number of hydrogen-bond donors (Lipinski definition) is 2. The van der Waals surface area contributed by atoms with Crippen molar-refractivity contribution in [2.24, 2.45) is 5.92 Å². The number of fused-ring (bicyclic) bond motifs is 2. The lowest BCUT2D eigenvalue weighted by Crippen LogP contribution is -2.67. The summed E-state index contributed by atoms with van der Waals surface area (Å²) in [5.41, 5.74) is 0.273. The van der Waals surface area contributed by atoms with E-state index >= 15 is 0 Å². The molecule has 2 N–H and O–H groups in total. The normalized spacial score (nSPS) is 26.6. The molecule has 0 bridgehead atoms. The monoisotopic (exact) mass is 486 g/mol. The maximum absolute atomic E-state index is 14.0. The molecule has 1 heterocycles. The first-order valence-electron chi connectivity index (χ1n) is 13.2. The Kier molecular flexibility index (Phi) is 6.56. The second-order valence-corrected chi connectivity index (χ2v) is 11.5. The first-order chi connectivity index (χ1) is 17.2. The highest BCUT2D eigenvalue weighted by molar-refractivity contribution is 5.98. The average molecular weight is 487 g/mol. The molecular weight excluding hydrogens is 448 g/mol. The Morgan fingerprint density at radius 1 is 1.06 bits per heavy atom. The van der Waals surface area contributed by atoms with Gasteiger partial charge in [0.2, 0.25) is 0 Å². The minimum Gasteiger partial charge on any atom is -0.508 e. The van der Waals surface area contributed by atoms with Gasteiger partial charge in [0, 0.05) is 30.1 Å². The van der Waals surface area contributed by atoms with E-state index in [1.54, 1.807) is 6.07 Å². The number of carbonyl (C=O) groups is 1. The van der Waals surface area contributed by atoms with Gasteiger partial charge in [0.05, 0.1) is 5.60 Å². The van der Waals surface area contributed by atoms with Gasteiger partial charge in [-0.05, 0) is 85.8 Å². The predicted octanol–water partition coefficient (Wildman–Crippen LogP) is 5.20. The number of rotatable bonds is 5. The maximum atomic E-state index is 14.0. The minimum absolute atomic E-state index is 0.0115. The number of benzene rings is 3. The van der Waals surface area contributed by atoms with Crippen LogP contribution in [0.4, 0.5) is 0 Å². The third-order valence-corrected chi connectivity index (χ3v) is 8.48. The second kappa shape index (κ2) is 9.53. The zero-order valence-electron chi connectivity index (χ0n) is 21.7. The van der Waals surface area contributed by atoms with Crippen LogP contribution in [0.2, 0.25) is 0 Å². The molecule has 36 heavy (non-hydrogen) atoms. The number of likely N-dealkylation sites (N-methyl/N-ethyl adjacent to an activating group) is 1. The molecule has 1 amide bonds.